The molecule has 0 aromatic carbocycles. The molecule has 0 atom stereocenters. The standard InChI is InChI=1S/C12H15N3O2/c1-8-6-10-7-13-9(2)14-11(10)15(12(8)17)4-3-5-16/h6-7,16H,3-5H2,1-2H3. The van der Waals surface area contributed by atoms with E-state index < -0.39 is 0 Å². The Hall–Kier alpha value is -1.75. The molecule has 90 valence electrons. The summed E-state index contributed by atoms with van der Waals surface area (Å²) in [5.41, 5.74) is 1.26. The zero-order valence-corrected chi connectivity index (χ0v) is 9.97. The Labute approximate surface area is 98.8 Å². The minimum absolute atomic E-state index is 0.0518. The topological polar surface area (TPSA) is 68.0 Å². The predicted octanol–water partition coefficient (Wildman–Crippen LogP) is 0.791. The molecule has 0 saturated carbocycles. The molecule has 0 saturated heterocycles. The van der Waals surface area contributed by atoms with Crippen LogP contribution in [-0.2, 0) is 6.54 Å². The zero-order valence-electron chi connectivity index (χ0n) is 9.97. The van der Waals surface area contributed by atoms with Crippen molar-refractivity contribution in [3.63, 3.8) is 0 Å². The minimum atomic E-state index is -0.0518. The lowest BCUT2D eigenvalue weighted by Gasteiger charge is -2.10. The van der Waals surface area contributed by atoms with Gasteiger partial charge in [0.1, 0.15) is 11.5 Å². The van der Waals surface area contributed by atoms with Crippen LogP contribution in [0.15, 0.2) is 17.1 Å². The molecule has 0 fully saturated rings. The highest BCUT2D eigenvalue weighted by Crippen LogP contribution is 2.10. The summed E-state index contributed by atoms with van der Waals surface area (Å²) in [5, 5.41) is 9.72. The van der Waals surface area contributed by atoms with Gasteiger partial charge < -0.3 is 5.11 Å². The normalized spacial score (nSPS) is 11.0. The summed E-state index contributed by atoms with van der Waals surface area (Å²) in [6, 6.07) is 1.80. The van der Waals surface area contributed by atoms with Gasteiger partial charge in [0.15, 0.2) is 0 Å². The second-order valence-electron chi connectivity index (χ2n) is 4.06. The number of rotatable bonds is 3. The molecule has 0 aliphatic rings. The van der Waals surface area contributed by atoms with Crippen LogP contribution >= 0.6 is 0 Å². The van der Waals surface area contributed by atoms with Gasteiger partial charge in [-0.3, -0.25) is 9.36 Å². The van der Waals surface area contributed by atoms with E-state index in [0.29, 0.717) is 30.0 Å². The maximum absolute atomic E-state index is 12.0. The lowest BCUT2D eigenvalue weighted by Crippen LogP contribution is -2.24. The largest absolute Gasteiger partial charge is 0.396 e. The van der Waals surface area contributed by atoms with Gasteiger partial charge in [-0.25, -0.2) is 9.97 Å². The molecule has 2 aromatic heterocycles. The van der Waals surface area contributed by atoms with Crippen molar-refractivity contribution in [1.29, 1.82) is 0 Å². The Kier molecular flexibility index (Phi) is 3.19. The van der Waals surface area contributed by atoms with Crippen molar-refractivity contribution in [2.75, 3.05) is 6.61 Å². The molecule has 2 aromatic rings. The summed E-state index contributed by atoms with van der Waals surface area (Å²) in [7, 11) is 0. The van der Waals surface area contributed by atoms with Crippen LogP contribution in [0, 0.1) is 13.8 Å². The Morgan fingerprint density at radius 3 is 2.88 bits per heavy atom. The summed E-state index contributed by atoms with van der Waals surface area (Å²) in [6.07, 6.45) is 2.26. The lowest BCUT2D eigenvalue weighted by molar-refractivity contribution is 0.279. The number of aromatic nitrogens is 3. The number of fused-ring (bicyclic) bond motifs is 1. The number of nitrogens with zero attached hydrogens (tertiary/aromatic N) is 3. The van der Waals surface area contributed by atoms with Gasteiger partial charge >= 0.3 is 0 Å². The molecule has 0 unspecified atom stereocenters. The monoisotopic (exact) mass is 233 g/mol. The van der Waals surface area contributed by atoms with E-state index in [1.54, 1.807) is 30.7 Å². The van der Waals surface area contributed by atoms with E-state index in [9.17, 15) is 4.79 Å². The Morgan fingerprint density at radius 1 is 1.41 bits per heavy atom. The highest BCUT2D eigenvalue weighted by atomic mass is 16.3. The molecule has 17 heavy (non-hydrogen) atoms. The summed E-state index contributed by atoms with van der Waals surface area (Å²) in [6.45, 7) is 4.10. The quantitative estimate of drug-likeness (QED) is 0.851. The van der Waals surface area contributed by atoms with Gasteiger partial charge in [-0.1, -0.05) is 0 Å². The van der Waals surface area contributed by atoms with Crippen molar-refractivity contribution in [1.82, 2.24) is 14.5 Å². The Morgan fingerprint density at radius 2 is 2.18 bits per heavy atom. The average Bonchev–Trinajstić information content (AvgIpc) is 2.31. The number of hydrogen-bond donors (Lipinski definition) is 1. The van der Waals surface area contributed by atoms with E-state index in [0.717, 1.165) is 5.39 Å². The van der Waals surface area contributed by atoms with Crippen LogP contribution in [0.5, 0.6) is 0 Å². The first kappa shape index (κ1) is 11.7. The number of pyridine rings is 1. The first-order valence-electron chi connectivity index (χ1n) is 5.58. The summed E-state index contributed by atoms with van der Waals surface area (Å²) in [4.78, 5) is 20.4. The third-order valence-electron chi connectivity index (χ3n) is 2.67. The van der Waals surface area contributed by atoms with Crippen LogP contribution < -0.4 is 5.56 Å². The van der Waals surface area contributed by atoms with Crippen molar-refractivity contribution in [3.8, 4) is 0 Å². The molecule has 0 aliphatic carbocycles. The maximum Gasteiger partial charge on any atom is 0.255 e. The molecule has 2 rings (SSSR count). The van der Waals surface area contributed by atoms with Crippen molar-refractivity contribution in [2.45, 2.75) is 26.8 Å². The summed E-state index contributed by atoms with van der Waals surface area (Å²) >= 11 is 0. The molecule has 0 radical (unpaired) electrons. The second kappa shape index (κ2) is 4.63. The number of hydrogen-bond acceptors (Lipinski definition) is 4. The fourth-order valence-electron chi connectivity index (χ4n) is 1.83. The number of aliphatic hydroxyl groups is 1. The van der Waals surface area contributed by atoms with Gasteiger partial charge in [0.05, 0.1) is 0 Å². The van der Waals surface area contributed by atoms with Crippen molar-refractivity contribution in [3.05, 3.63) is 34.0 Å². The van der Waals surface area contributed by atoms with Gasteiger partial charge in [0.2, 0.25) is 0 Å². The number of aliphatic hydroxyl groups excluding tert-OH is 1. The van der Waals surface area contributed by atoms with E-state index in [2.05, 4.69) is 9.97 Å². The number of aryl methyl sites for hydroxylation is 3. The smallest absolute Gasteiger partial charge is 0.255 e. The van der Waals surface area contributed by atoms with E-state index in [4.69, 9.17) is 5.11 Å². The van der Waals surface area contributed by atoms with Gasteiger partial charge in [-0.05, 0) is 26.3 Å². The highest BCUT2D eigenvalue weighted by Gasteiger charge is 2.08. The van der Waals surface area contributed by atoms with Gasteiger partial charge in [0, 0.05) is 30.3 Å². The first-order chi connectivity index (χ1) is 8.13. The first-order valence-corrected chi connectivity index (χ1v) is 5.58. The van der Waals surface area contributed by atoms with Crippen LogP contribution in [0.4, 0.5) is 0 Å². The SMILES string of the molecule is Cc1ncc2cc(C)c(=O)n(CCCO)c2n1. The van der Waals surface area contributed by atoms with E-state index in [-0.39, 0.29) is 12.2 Å². The van der Waals surface area contributed by atoms with Crippen molar-refractivity contribution in [2.24, 2.45) is 0 Å². The molecule has 0 aliphatic heterocycles. The average molecular weight is 233 g/mol. The zero-order chi connectivity index (χ0) is 12.4. The third kappa shape index (κ3) is 2.19. The predicted molar refractivity (Wildman–Crippen MR) is 65.0 cm³/mol. The minimum Gasteiger partial charge on any atom is -0.396 e. The summed E-state index contributed by atoms with van der Waals surface area (Å²) in [5.74, 6) is 0.638. The second-order valence-corrected chi connectivity index (χ2v) is 4.06. The van der Waals surface area contributed by atoms with E-state index >= 15 is 0 Å². The van der Waals surface area contributed by atoms with Crippen molar-refractivity contribution < 1.29 is 5.11 Å². The van der Waals surface area contributed by atoms with Crippen LogP contribution in [-0.4, -0.2) is 26.2 Å². The highest BCUT2D eigenvalue weighted by molar-refractivity contribution is 5.74. The molecule has 0 spiro atoms. The molecular weight excluding hydrogens is 218 g/mol. The fraction of sp³-hybridized carbons (Fsp3) is 0.417. The molecule has 5 heteroatoms. The molecule has 0 bridgehead atoms. The Bertz CT molecular complexity index is 604. The van der Waals surface area contributed by atoms with Crippen molar-refractivity contribution >= 4 is 11.0 Å². The van der Waals surface area contributed by atoms with Crippen LogP contribution in [0.25, 0.3) is 11.0 Å². The van der Waals surface area contributed by atoms with Crippen LogP contribution in [0.1, 0.15) is 17.8 Å². The summed E-state index contributed by atoms with van der Waals surface area (Å²) < 4.78 is 1.61. The molecule has 0 amide bonds. The molecule has 1 N–H and O–H groups in total. The van der Waals surface area contributed by atoms with Gasteiger partial charge in [-0.2, -0.15) is 0 Å². The van der Waals surface area contributed by atoms with Gasteiger partial charge in [-0.15, -0.1) is 0 Å². The maximum atomic E-state index is 12.0. The van der Waals surface area contributed by atoms with E-state index in [1.807, 2.05) is 0 Å². The molecule has 2 heterocycles. The third-order valence-corrected chi connectivity index (χ3v) is 2.67. The fourth-order valence-corrected chi connectivity index (χ4v) is 1.83. The molecular formula is C12H15N3O2. The Balaban J connectivity index is 2.71. The van der Waals surface area contributed by atoms with Gasteiger partial charge in [0.25, 0.3) is 5.56 Å². The van der Waals surface area contributed by atoms with Crippen LogP contribution in [0.2, 0.25) is 0 Å². The van der Waals surface area contributed by atoms with E-state index in [1.165, 1.54) is 0 Å². The molecule has 5 nitrogen and oxygen atoms in total. The lowest BCUT2D eigenvalue weighted by atomic mass is 10.2. The van der Waals surface area contributed by atoms with Crippen LogP contribution in [0.3, 0.4) is 0 Å².